The summed E-state index contributed by atoms with van der Waals surface area (Å²) in [6, 6.07) is 4.60. The van der Waals surface area contributed by atoms with Gasteiger partial charge in [0, 0.05) is 17.3 Å². The van der Waals surface area contributed by atoms with Crippen LogP contribution in [0.5, 0.6) is 11.5 Å². The summed E-state index contributed by atoms with van der Waals surface area (Å²) in [5.41, 5.74) is 1.22. The van der Waals surface area contributed by atoms with Gasteiger partial charge in [-0.1, -0.05) is 0 Å². The van der Waals surface area contributed by atoms with Crippen LogP contribution in [0.15, 0.2) is 30.6 Å². The van der Waals surface area contributed by atoms with Crippen molar-refractivity contribution in [3.05, 3.63) is 30.6 Å². The van der Waals surface area contributed by atoms with Gasteiger partial charge in [0.1, 0.15) is 18.0 Å². The molecule has 4 nitrogen and oxygen atoms in total. The van der Waals surface area contributed by atoms with Gasteiger partial charge in [0.2, 0.25) is 0 Å². The molecule has 1 aromatic heterocycles. The van der Waals surface area contributed by atoms with E-state index in [9.17, 15) is 13.9 Å². The SMILES string of the molecule is COc1ccc(O)cc1-c1cnn(CC(F)F)c1. The molecule has 0 unspecified atom stereocenters. The fourth-order valence-electron chi connectivity index (χ4n) is 1.67. The van der Waals surface area contributed by atoms with Gasteiger partial charge in [0.25, 0.3) is 6.43 Å². The standard InChI is InChI=1S/C12H12F2N2O2/c1-18-11-3-2-9(17)4-10(11)8-5-15-16(6-8)7-12(13)14/h2-6,12,17H,7H2,1H3. The van der Waals surface area contributed by atoms with E-state index >= 15 is 0 Å². The number of methoxy groups -OCH3 is 1. The van der Waals surface area contributed by atoms with Gasteiger partial charge in [-0.3, -0.25) is 4.68 Å². The number of aromatic nitrogens is 2. The summed E-state index contributed by atoms with van der Waals surface area (Å²) in [5.74, 6) is 0.622. The van der Waals surface area contributed by atoms with E-state index in [0.717, 1.165) is 4.68 Å². The smallest absolute Gasteiger partial charge is 0.257 e. The number of phenolic OH excluding ortho intramolecular Hbond substituents is 1. The van der Waals surface area contributed by atoms with E-state index < -0.39 is 13.0 Å². The topological polar surface area (TPSA) is 47.3 Å². The molecule has 0 fully saturated rings. The number of nitrogens with zero attached hydrogens (tertiary/aromatic N) is 2. The number of halogens is 2. The lowest BCUT2D eigenvalue weighted by atomic mass is 10.1. The van der Waals surface area contributed by atoms with Crippen LogP contribution in [-0.4, -0.2) is 28.4 Å². The van der Waals surface area contributed by atoms with Crippen LogP contribution in [0.2, 0.25) is 0 Å². The molecule has 0 saturated carbocycles. The van der Waals surface area contributed by atoms with Crippen molar-refractivity contribution in [3.63, 3.8) is 0 Å². The highest BCUT2D eigenvalue weighted by atomic mass is 19.3. The van der Waals surface area contributed by atoms with Crippen LogP contribution < -0.4 is 4.74 Å². The van der Waals surface area contributed by atoms with Crippen molar-refractivity contribution < 1.29 is 18.6 Å². The molecule has 0 atom stereocenters. The summed E-state index contributed by atoms with van der Waals surface area (Å²) in [5, 5.41) is 13.3. The average molecular weight is 254 g/mol. The van der Waals surface area contributed by atoms with Gasteiger partial charge in [-0.25, -0.2) is 8.78 Å². The van der Waals surface area contributed by atoms with Crippen LogP contribution in [0.1, 0.15) is 0 Å². The number of alkyl halides is 2. The first-order valence-electron chi connectivity index (χ1n) is 5.28. The molecule has 0 spiro atoms. The molecule has 18 heavy (non-hydrogen) atoms. The predicted octanol–water partition coefficient (Wildman–Crippen LogP) is 2.53. The number of benzene rings is 1. The molecule has 0 radical (unpaired) electrons. The Morgan fingerprint density at radius 2 is 2.22 bits per heavy atom. The van der Waals surface area contributed by atoms with Crippen molar-refractivity contribution >= 4 is 0 Å². The van der Waals surface area contributed by atoms with Gasteiger partial charge in [-0.2, -0.15) is 5.10 Å². The Balaban J connectivity index is 2.36. The summed E-state index contributed by atoms with van der Waals surface area (Å²) >= 11 is 0. The van der Waals surface area contributed by atoms with Gasteiger partial charge in [-0.05, 0) is 18.2 Å². The van der Waals surface area contributed by atoms with E-state index in [1.54, 1.807) is 6.07 Å². The number of rotatable bonds is 4. The normalized spacial score (nSPS) is 10.9. The number of phenols is 1. The van der Waals surface area contributed by atoms with Crippen LogP contribution in [0.25, 0.3) is 11.1 Å². The zero-order chi connectivity index (χ0) is 13.1. The maximum atomic E-state index is 12.2. The average Bonchev–Trinajstić information content (AvgIpc) is 2.76. The molecule has 1 aromatic carbocycles. The monoisotopic (exact) mass is 254 g/mol. The molecule has 0 saturated heterocycles. The number of ether oxygens (including phenoxy) is 1. The number of hydrogen-bond acceptors (Lipinski definition) is 3. The molecule has 1 heterocycles. The van der Waals surface area contributed by atoms with E-state index in [2.05, 4.69) is 5.10 Å². The lowest BCUT2D eigenvalue weighted by Gasteiger charge is -2.06. The van der Waals surface area contributed by atoms with Gasteiger partial charge in [0.05, 0.1) is 13.3 Å². The van der Waals surface area contributed by atoms with E-state index in [1.807, 2.05) is 0 Å². The third-order valence-electron chi connectivity index (χ3n) is 2.45. The molecular formula is C12H12F2N2O2. The van der Waals surface area contributed by atoms with Gasteiger partial charge < -0.3 is 9.84 Å². The van der Waals surface area contributed by atoms with Crippen molar-refractivity contribution in [3.8, 4) is 22.6 Å². The first kappa shape index (κ1) is 12.3. The van der Waals surface area contributed by atoms with Crippen LogP contribution in [0.4, 0.5) is 8.78 Å². The zero-order valence-corrected chi connectivity index (χ0v) is 9.68. The van der Waals surface area contributed by atoms with Gasteiger partial charge >= 0.3 is 0 Å². The molecule has 0 aliphatic rings. The first-order chi connectivity index (χ1) is 8.60. The highest BCUT2D eigenvalue weighted by Crippen LogP contribution is 2.32. The summed E-state index contributed by atoms with van der Waals surface area (Å²) in [6.45, 7) is -0.457. The molecule has 0 amide bonds. The van der Waals surface area contributed by atoms with Crippen molar-refractivity contribution in [2.45, 2.75) is 13.0 Å². The van der Waals surface area contributed by atoms with E-state index in [-0.39, 0.29) is 5.75 Å². The summed E-state index contributed by atoms with van der Waals surface area (Å²) in [6.07, 6.45) is 0.493. The Morgan fingerprint density at radius 3 is 2.89 bits per heavy atom. The van der Waals surface area contributed by atoms with Gasteiger partial charge in [0.15, 0.2) is 0 Å². The van der Waals surface area contributed by atoms with Gasteiger partial charge in [-0.15, -0.1) is 0 Å². The maximum absolute atomic E-state index is 12.2. The van der Waals surface area contributed by atoms with Crippen molar-refractivity contribution in [1.29, 1.82) is 0 Å². The minimum absolute atomic E-state index is 0.0763. The van der Waals surface area contributed by atoms with Crippen molar-refractivity contribution in [2.75, 3.05) is 7.11 Å². The highest BCUT2D eigenvalue weighted by Gasteiger charge is 2.11. The molecule has 96 valence electrons. The van der Waals surface area contributed by atoms with E-state index in [4.69, 9.17) is 4.74 Å². The maximum Gasteiger partial charge on any atom is 0.257 e. The Bertz CT molecular complexity index is 541. The van der Waals surface area contributed by atoms with E-state index in [0.29, 0.717) is 16.9 Å². The lowest BCUT2D eigenvalue weighted by molar-refractivity contribution is 0.122. The molecule has 2 rings (SSSR count). The molecule has 0 bridgehead atoms. The fourth-order valence-corrected chi connectivity index (χ4v) is 1.67. The molecule has 1 N–H and O–H groups in total. The summed E-state index contributed by atoms with van der Waals surface area (Å²) in [4.78, 5) is 0. The second-order valence-electron chi connectivity index (χ2n) is 3.73. The Kier molecular flexibility index (Phi) is 3.45. The fraction of sp³-hybridized carbons (Fsp3) is 0.250. The van der Waals surface area contributed by atoms with Crippen LogP contribution in [0.3, 0.4) is 0 Å². The lowest BCUT2D eigenvalue weighted by Crippen LogP contribution is -2.06. The minimum Gasteiger partial charge on any atom is -0.508 e. The third-order valence-corrected chi connectivity index (χ3v) is 2.45. The molecule has 2 aromatic rings. The van der Waals surface area contributed by atoms with Crippen molar-refractivity contribution in [2.24, 2.45) is 0 Å². The predicted molar refractivity (Wildman–Crippen MR) is 61.9 cm³/mol. The highest BCUT2D eigenvalue weighted by molar-refractivity contribution is 5.70. The largest absolute Gasteiger partial charge is 0.508 e. The molecule has 0 aliphatic carbocycles. The first-order valence-corrected chi connectivity index (χ1v) is 5.28. The van der Waals surface area contributed by atoms with Crippen LogP contribution in [0, 0.1) is 0 Å². The molecule has 6 heteroatoms. The second kappa shape index (κ2) is 5.03. The minimum atomic E-state index is -2.45. The Labute approximate surface area is 102 Å². The van der Waals surface area contributed by atoms with Crippen molar-refractivity contribution in [1.82, 2.24) is 9.78 Å². The zero-order valence-electron chi connectivity index (χ0n) is 9.68. The summed E-state index contributed by atoms with van der Waals surface area (Å²) in [7, 11) is 1.50. The Morgan fingerprint density at radius 1 is 1.44 bits per heavy atom. The van der Waals surface area contributed by atoms with E-state index in [1.165, 1.54) is 31.6 Å². The van der Waals surface area contributed by atoms with Crippen LogP contribution >= 0.6 is 0 Å². The number of hydrogen-bond donors (Lipinski definition) is 1. The molecule has 0 aliphatic heterocycles. The quantitative estimate of drug-likeness (QED) is 0.912. The van der Waals surface area contributed by atoms with Crippen LogP contribution in [-0.2, 0) is 6.54 Å². The third kappa shape index (κ3) is 2.58. The second-order valence-corrected chi connectivity index (χ2v) is 3.73. The number of aromatic hydroxyl groups is 1. The Hall–Kier alpha value is -2.11. The summed E-state index contributed by atoms with van der Waals surface area (Å²) < 4.78 is 30.7. The molecular weight excluding hydrogens is 242 g/mol.